The molecule has 1 nitrogen and oxygen atoms in total. The van der Waals surface area contributed by atoms with Crippen LogP contribution in [0.15, 0.2) is 0 Å². The average Bonchev–Trinajstić information content (AvgIpc) is 2.55. The summed E-state index contributed by atoms with van der Waals surface area (Å²) in [5.74, 6) is 0. The molecule has 0 unspecified atom stereocenters. The van der Waals surface area contributed by atoms with E-state index in [1.54, 1.807) is 0 Å². The maximum absolute atomic E-state index is 6.00. The summed E-state index contributed by atoms with van der Waals surface area (Å²) >= 11 is -0.794. The van der Waals surface area contributed by atoms with Crippen LogP contribution in [0.25, 0.3) is 0 Å². The van der Waals surface area contributed by atoms with Crippen LogP contribution in [0.2, 0.25) is 9.56 Å². The summed E-state index contributed by atoms with van der Waals surface area (Å²) in [4.78, 5) is 0. The van der Waals surface area contributed by atoms with Crippen molar-refractivity contribution in [3.8, 4) is 0 Å². The van der Waals surface area contributed by atoms with Crippen molar-refractivity contribution in [1.82, 2.24) is 0 Å². The lowest BCUT2D eigenvalue weighted by atomic mass is 10.1. The van der Waals surface area contributed by atoms with Gasteiger partial charge in [-0.1, -0.05) is 44.3 Å². The highest BCUT2D eigenvalue weighted by Crippen LogP contribution is 2.49. The van der Waals surface area contributed by atoms with Gasteiger partial charge in [-0.05, 0) is 10.7 Å². The molecule has 68 valence electrons. The van der Waals surface area contributed by atoms with E-state index < -0.39 is 14.5 Å². The van der Waals surface area contributed by atoms with Crippen molar-refractivity contribution in [2.24, 2.45) is 0 Å². The molecule has 2 aliphatic rings. The Morgan fingerprint density at radius 2 is 1.83 bits per heavy atom. The molecular weight excluding hydrogens is 163 g/mol. The summed E-state index contributed by atoms with van der Waals surface area (Å²) < 4.78 is 6.68. The van der Waals surface area contributed by atoms with Gasteiger partial charge in [0.2, 0.25) is 0 Å². The summed E-state index contributed by atoms with van der Waals surface area (Å²) in [6, 6.07) is 0. The zero-order chi connectivity index (χ0) is 8.44. The second-order valence-electron chi connectivity index (χ2n) is 4.72. The van der Waals surface area contributed by atoms with E-state index in [9.17, 15) is 0 Å². The fourth-order valence-corrected chi connectivity index (χ4v) is 6.22. The van der Waals surface area contributed by atoms with E-state index in [4.69, 9.17) is 3.79 Å². The molecule has 2 heteroatoms. The molecule has 0 aromatic carbocycles. The van der Waals surface area contributed by atoms with Gasteiger partial charge in [0.05, 0.1) is 0 Å². The van der Waals surface area contributed by atoms with Gasteiger partial charge >= 0.3 is 14.5 Å². The quantitative estimate of drug-likeness (QED) is 0.566. The van der Waals surface area contributed by atoms with Gasteiger partial charge in [-0.15, -0.1) is 0 Å². The first kappa shape index (κ1) is 9.06. The van der Waals surface area contributed by atoms with Gasteiger partial charge in [0, 0.05) is 6.61 Å². The van der Waals surface area contributed by atoms with Gasteiger partial charge in [-0.2, -0.15) is 0 Å². The topological polar surface area (TPSA) is 9.23 Å². The molecule has 0 spiro atoms. The average molecular weight is 182 g/mol. The van der Waals surface area contributed by atoms with Gasteiger partial charge in [0.25, 0.3) is 0 Å². The lowest BCUT2D eigenvalue weighted by molar-refractivity contribution is 0.265. The predicted octanol–water partition coefficient (Wildman–Crippen LogP) is 3.12. The Kier molecular flexibility index (Phi) is 2.79. The highest BCUT2D eigenvalue weighted by Gasteiger charge is 2.44. The van der Waals surface area contributed by atoms with Crippen LogP contribution >= 0.6 is 0 Å². The highest BCUT2D eigenvalue weighted by molar-refractivity contribution is 6.55. The molecule has 12 heavy (non-hydrogen) atoms. The smallest absolute Gasteiger partial charge is 0.467 e. The molecule has 0 N–H and O–H groups in total. The van der Waals surface area contributed by atoms with E-state index in [1.807, 2.05) is 0 Å². The molecule has 0 aromatic rings. The van der Waals surface area contributed by atoms with Crippen LogP contribution in [0.1, 0.15) is 45.4 Å². The molecule has 1 aliphatic carbocycles. The summed E-state index contributed by atoms with van der Waals surface area (Å²) in [5, 5.41) is 1.45. The standard InChI is InChI=1S/C6H11.C4H8O.Al/c1-6-4-2-3-5-6;1-2-3-4-5;/h2-5H2,1H3;1-4H2;/q;-1;+1. The minimum absolute atomic E-state index is 0.681. The van der Waals surface area contributed by atoms with Gasteiger partial charge in [0.15, 0.2) is 0 Å². The van der Waals surface area contributed by atoms with E-state index in [-0.39, 0.29) is 0 Å². The first-order valence-electron chi connectivity index (χ1n) is 5.43. The molecule has 1 heterocycles. The van der Waals surface area contributed by atoms with Crippen molar-refractivity contribution >= 4 is 14.5 Å². The van der Waals surface area contributed by atoms with Crippen molar-refractivity contribution in [2.75, 3.05) is 6.61 Å². The second-order valence-corrected chi connectivity index (χ2v) is 8.00. The minimum atomic E-state index is -0.794. The molecule has 0 atom stereocenters. The lowest BCUT2D eigenvalue weighted by Gasteiger charge is -2.32. The van der Waals surface area contributed by atoms with Crippen molar-refractivity contribution < 1.29 is 3.79 Å². The van der Waals surface area contributed by atoms with Crippen molar-refractivity contribution in [2.45, 2.75) is 55.0 Å². The summed E-state index contributed by atoms with van der Waals surface area (Å²) in [6.07, 6.45) is 8.62. The second kappa shape index (κ2) is 3.70. The van der Waals surface area contributed by atoms with Crippen LogP contribution in [0.3, 0.4) is 0 Å². The number of rotatable bonds is 1. The third-order valence-electron chi connectivity index (χ3n) is 3.70. The Morgan fingerprint density at radius 1 is 1.08 bits per heavy atom. The van der Waals surface area contributed by atoms with Crippen LogP contribution in [0.5, 0.6) is 0 Å². The molecular formula is C10H19AlO. The Hall–Kier alpha value is 0.492. The molecule has 1 saturated heterocycles. The molecule has 1 aliphatic heterocycles. The maximum Gasteiger partial charge on any atom is 0.467 e. The molecule has 2 fully saturated rings. The third-order valence-corrected chi connectivity index (χ3v) is 7.41. The van der Waals surface area contributed by atoms with E-state index >= 15 is 0 Å². The monoisotopic (exact) mass is 182 g/mol. The van der Waals surface area contributed by atoms with Crippen molar-refractivity contribution in [1.29, 1.82) is 0 Å². The molecule has 2 rings (SSSR count). The molecule has 0 bridgehead atoms. The lowest BCUT2D eigenvalue weighted by Crippen LogP contribution is -2.34. The zero-order valence-corrected chi connectivity index (χ0v) is 9.30. The molecule has 0 radical (unpaired) electrons. The molecule has 1 saturated carbocycles. The number of hydrogen-bond donors (Lipinski definition) is 0. The van der Waals surface area contributed by atoms with Crippen LogP contribution in [0, 0.1) is 0 Å². The fourth-order valence-electron chi connectivity index (χ4n) is 2.80. The van der Waals surface area contributed by atoms with Crippen LogP contribution < -0.4 is 0 Å². The molecule has 0 amide bonds. The van der Waals surface area contributed by atoms with Gasteiger partial charge < -0.3 is 3.79 Å². The SMILES string of the molecule is C[C]1([Al]2[CH2]CCC[O]2)CCCC1. The van der Waals surface area contributed by atoms with Gasteiger partial charge in [-0.25, -0.2) is 0 Å². The van der Waals surface area contributed by atoms with Crippen molar-refractivity contribution in [3.63, 3.8) is 0 Å². The minimum Gasteiger partial charge on any atom is -0.500 e. The molecule has 0 aromatic heterocycles. The third kappa shape index (κ3) is 1.71. The van der Waals surface area contributed by atoms with Crippen LogP contribution in [-0.4, -0.2) is 21.1 Å². The summed E-state index contributed by atoms with van der Waals surface area (Å²) in [5.41, 5.74) is 0. The van der Waals surface area contributed by atoms with Gasteiger partial charge in [0.1, 0.15) is 0 Å². The van der Waals surface area contributed by atoms with E-state index in [0.717, 1.165) is 6.61 Å². The van der Waals surface area contributed by atoms with Crippen molar-refractivity contribution in [3.05, 3.63) is 0 Å². The predicted molar refractivity (Wildman–Crippen MR) is 52.6 cm³/mol. The first-order chi connectivity index (χ1) is 5.81. The zero-order valence-electron chi connectivity index (χ0n) is 8.14. The Bertz CT molecular complexity index is 146. The Balaban J connectivity index is 1.96. The van der Waals surface area contributed by atoms with Gasteiger partial charge in [-0.3, -0.25) is 0 Å². The number of hydrogen-bond acceptors (Lipinski definition) is 1. The van der Waals surface area contributed by atoms with Crippen LogP contribution in [0.4, 0.5) is 0 Å². The fraction of sp³-hybridized carbons (Fsp3) is 1.00. The van der Waals surface area contributed by atoms with Crippen LogP contribution in [-0.2, 0) is 3.79 Å². The normalized spacial score (nSPS) is 29.2. The first-order valence-corrected chi connectivity index (χ1v) is 7.29. The highest BCUT2D eigenvalue weighted by atomic mass is 27.2. The van der Waals surface area contributed by atoms with E-state index in [0.29, 0.717) is 4.28 Å². The van der Waals surface area contributed by atoms with E-state index in [1.165, 1.54) is 43.8 Å². The summed E-state index contributed by atoms with van der Waals surface area (Å²) in [7, 11) is 0. The Morgan fingerprint density at radius 3 is 2.42 bits per heavy atom. The summed E-state index contributed by atoms with van der Waals surface area (Å²) in [6.45, 7) is 3.56. The Labute approximate surface area is 80.2 Å². The van der Waals surface area contributed by atoms with E-state index in [2.05, 4.69) is 6.92 Å². The largest absolute Gasteiger partial charge is 0.500 e. The maximum atomic E-state index is 6.00.